The molecule has 3 nitrogen and oxygen atoms in total. The van der Waals surface area contributed by atoms with Gasteiger partial charge in [-0.2, -0.15) is 13.2 Å². The van der Waals surface area contributed by atoms with Crippen LogP contribution in [-0.4, -0.2) is 18.8 Å². The minimum absolute atomic E-state index is 0.0749. The van der Waals surface area contributed by atoms with Crippen LogP contribution < -0.4 is 10.6 Å². The van der Waals surface area contributed by atoms with Crippen LogP contribution in [0.3, 0.4) is 0 Å². The van der Waals surface area contributed by atoms with Gasteiger partial charge in [0.05, 0.1) is 0 Å². The fourth-order valence-corrected chi connectivity index (χ4v) is 1.84. The lowest BCUT2D eigenvalue weighted by atomic mass is 9.81. The van der Waals surface area contributed by atoms with Crippen molar-refractivity contribution in [2.45, 2.75) is 18.5 Å². The lowest BCUT2D eigenvalue weighted by Crippen LogP contribution is -2.47. The van der Waals surface area contributed by atoms with Crippen molar-refractivity contribution in [3.05, 3.63) is 29.8 Å². The predicted octanol–water partition coefficient (Wildman–Crippen LogP) is 2.64. The van der Waals surface area contributed by atoms with Gasteiger partial charge in [-0.1, -0.05) is 18.2 Å². The summed E-state index contributed by atoms with van der Waals surface area (Å²) in [6.07, 6.45) is -4.43. The number of urea groups is 1. The molecule has 1 unspecified atom stereocenters. The summed E-state index contributed by atoms with van der Waals surface area (Å²) in [6.45, 7) is 0.610. The highest BCUT2D eigenvalue weighted by Gasteiger charge is 2.54. The Balaban J connectivity index is 2.60. The normalized spacial score (nSPS) is 24.4. The van der Waals surface area contributed by atoms with E-state index in [-0.39, 0.29) is 11.3 Å². The zero-order chi connectivity index (χ0) is 12.7. The largest absolute Gasteiger partial charge is 0.399 e. The highest BCUT2D eigenvalue weighted by Crippen LogP contribution is 2.44. The van der Waals surface area contributed by atoms with Crippen molar-refractivity contribution < 1.29 is 18.0 Å². The number of nitrogens with one attached hydrogen (secondary N) is 2. The molecule has 2 amide bonds. The Hall–Kier alpha value is -1.72. The summed E-state index contributed by atoms with van der Waals surface area (Å²) in [6, 6.07) is 5.34. The molecule has 0 spiro atoms. The van der Waals surface area contributed by atoms with Crippen molar-refractivity contribution in [2.75, 3.05) is 11.9 Å². The molecule has 1 aliphatic heterocycles. The molecule has 2 rings (SSSR count). The molecule has 1 aromatic carbocycles. The monoisotopic (exact) mass is 244 g/mol. The van der Waals surface area contributed by atoms with E-state index in [0.29, 0.717) is 0 Å². The maximum Gasteiger partial charge on any atom is 0.399 e. The molecule has 0 saturated carbocycles. The first-order valence-corrected chi connectivity index (χ1v) is 5.06. The van der Waals surface area contributed by atoms with E-state index in [4.69, 9.17) is 0 Å². The molecular formula is C11H11F3N2O. The fourth-order valence-electron chi connectivity index (χ4n) is 1.84. The standard InChI is InChI=1S/C11H11F3N2O/c1-10(11(12,13)14)6-15-9(17)16-8-5-3-2-4-7(8)10/h2-5H,6H2,1H3,(H2,15,16,17). The van der Waals surface area contributed by atoms with Gasteiger partial charge in [0, 0.05) is 12.2 Å². The van der Waals surface area contributed by atoms with Crippen molar-refractivity contribution in [1.82, 2.24) is 5.32 Å². The van der Waals surface area contributed by atoms with Gasteiger partial charge in [0.15, 0.2) is 0 Å². The Morgan fingerprint density at radius 1 is 1.29 bits per heavy atom. The zero-order valence-electron chi connectivity index (χ0n) is 9.06. The lowest BCUT2D eigenvalue weighted by Gasteiger charge is -2.31. The van der Waals surface area contributed by atoms with Crippen LogP contribution in [0.15, 0.2) is 24.3 Å². The number of benzene rings is 1. The van der Waals surface area contributed by atoms with Gasteiger partial charge in [0.1, 0.15) is 5.41 Å². The summed E-state index contributed by atoms with van der Waals surface area (Å²) in [7, 11) is 0. The molecule has 92 valence electrons. The van der Waals surface area contributed by atoms with Gasteiger partial charge in [-0.15, -0.1) is 0 Å². The maximum absolute atomic E-state index is 13.1. The third-order valence-corrected chi connectivity index (χ3v) is 3.00. The number of para-hydroxylation sites is 1. The molecule has 0 radical (unpaired) electrons. The Morgan fingerprint density at radius 2 is 1.94 bits per heavy atom. The number of hydrogen-bond acceptors (Lipinski definition) is 1. The van der Waals surface area contributed by atoms with Gasteiger partial charge in [0.25, 0.3) is 0 Å². The molecule has 0 saturated heterocycles. The Labute approximate surface area is 96.0 Å². The number of carbonyl (C=O) groups is 1. The molecule has 0 aromatic heterocycles. The SMILES string of the molecule is CC1(C(F)(F)F)CNC(=O)Nc2ccccc21. The Bertz CT molecular complexity index is 458. The Morgan fingerprint density at radius 3 is 2.59 bits per heavy atom. The minimum Gasteiger partial charge on any atom is -0.337 e. The summed E-state index contributed by atoms with van der Waals surface area (Å²) < 4.78 is 39.4. The van der Waals surface area contributed by atoms with E-state index in [0.717, 1.165) is 6.92 Å². The van der Waals surface area contributed by atoms with Gasteiger partial charge in [-0.05, 0) is 18.6 Å². The summed E-state index contributed by atoms with van der Waals surface area (Å²) in [4.78, 5) is 11.3. The van der Waals surface area contributed by atoms with Gasteiger partial charge in [-0.3, -0.25) is 0 Å². The first kappa shape index (κ1) is 11.8. The van der Waals surface area contributed by atoms with E-state index in [9.17, 15) is 18.0 Å². The van der Waals surface area contributed by atoms with E-state index in [1.165, 1.54) is 18.2 Å². The van der Waals surface area contributed by atoms with Crippen molar-refractivity contribution >= 4 is 11.7 Å². The number of fused-ring (bicyclic) bond motifs is 1. The van der Waals surface area contributed by atoms with Crippen molar-refractivity contribution in [3.8, 4) is 0 Å². The van der Waals surface area contributed by atoms with E-state index >= 15 is 0 Å². The number of anilines is 1. The second-order valence-corrected chi connectivity index (χ2v) is 4.18. The molecule has 6 heteroatoms. The van der Waals surface area contributed by atoms with Crippen LogP contribution in [0.4, 0.5) is 23.7 Å². The van der Waals surface area contributed by atoms with Crippen molar-refractivity contribution in [3.63, 3.8) is 0 Å². The predicted molar refractivity (Wildman–Crippen MR) is 56.9 cm³/mol. The van der Waals surface area contributed by atoms with Gasteiger partial charge in [0.2, 0.25) is 0 Å². The van der Waals surface area contributed by atoms with Crippen LogP contribution in [-0.2, 0) is 5.41 Å². The summed E-state index contributed by atoms with van der Waals surface area (Å²) in [5.74, 6) is 0. The van der Waals surface area contributed by atoms with Gasteiger partial charge >= 0.3 is 12.2 Å². The van der Waals surface area contributed by atoms with Crippen LogP contribution in [0.2, 0.25) is 0 Å². The first-order chi connectivity index (χ1) is 7.84. The average molecular weight is 244 g/mol. The second-order valence-electron chi connectivity index (χ2n) is 4.18. The van der Waals surface area contributed by atoms with Crippen molar-refractivity contribution in [2.24, 2.45) is 0 Å². The van der Waals surface area contributed by atoms with Crippen LogP contribution >= 0.6 is 0 Å². The number of halogens is 3. The highest BCUT2D eigenvalue weighted by atomic mass is 19.4. The first-order valence-electron chi connectivity index (χ1n) is 5.06. The number of alkyl halides is 3. The summed E-state index contributed by atoms with van der Waals surface area (Å²) >= 11 is 0. The van der Waals surface area contributed by atoms with E-state index < -0.39 is 24.2 Å². The van der Waals surface area contributed by atoms with Crippen molar-refractivity contribution in [1.29, 1.82) is 0 Å². The van der Waals surface area contributed by atoms with E-state index in [1.807, 2.05) is 0 Å². The van der Waals surface area contributed by atoms with Gasteiger partial charge in [-0.25, -0.2) is 4.79 Å². The van der Waals surface area contributed by atoms with Crippen LogP contribution in [0.1, 0.15) is 12.5 Å². The molecule has 0 fully saturated rings. The molecule has 1 aliphatic rings. The summed E-state index contributed by atoms with van der Waals surface area (Å²) in [5.41, 5.74) is -1.81. The smallest absolute Gasteiger partial charge is 0.337 e. The summed E-state index contributed by atoms with van der Waals surface area (Å²) in [5, 5.41) is 4.62. The fraction of sp³-hybridized carbons (Fsp3) is 0.364. The molecule has 1 aromatic rings. The number of hydrogen-bond donors (Lipinski definition) is 2. The molecule has 1 atom stereocenters. The quantitative estimate of drug-likeness (QED) is 0.723. The number of rotatable bonds is 0. The molecule has 17 heavy (non-hydrogen) atoms. The van der Waals surface area contributed by atoms with E-state index in [1.54, 1.807) is 6.07 Å². The topological polar surface area (TPSA) is 41.1 Å². The molecule has 0 bridgehead atoms. The maximum atomic E-state index is 13.1. The third-order valence-electron chi connectivity index (χ3n) is 3.00. The van der Waals surface area contributed by atoms with Crippen LogP contribution in [0.5, 0.6) is 0 Å². The molecule has 2 N–H and O–H groups in total. The van der Waals surface area contributed by atoms with E-state index in [2.05, 4.69) is 10.6 Å². The van der Waals surface area contributed by atoms with Crippen LogP contribution in [0.25, 0.3) is 0 Å². The highest BCUT2D eigenvalue weighted by molar-refractivity contribution is 5.91. The molecule has 1 heterocycles. The van der Waals surface area contributed by atoms with Gasteiger partial charge < -0.3 is 10.6 Å². The lowest BCUT2D eigenvalue weighted by molar-refractivity contribution is -0.183. The third kappa shape index (κ3) is 1.83. The Kier molecular flexibility index (Phi) is 2.52. The second kappa shape index (κ2) is 3.65. The molecule has 0 aliphatic carbocycles. The zero-order valence-corrected chi connectivity index (χ0v) is 9.06. The number of amides is 2. The number of carbonyl (C=O) groups excluding carboxylic acids is 1. The average Bonchev–Trinajstić information content (AvgIpc) is 2.37. The van der Waals surface area contributed by atoms with Crippen LogP contribution in [0, 0.1) is 0 Å². The molecular weight excluding hydrogens is 233 g/mol. The minimum atomic E-state index is -4.43.